The molecule has 8 nitrogen and oxygen atoms in total. The number of hydrogen-bond acceptors (Lipinski definition) is 5. The Morgan fingerprint density at radius 3 is 2.32 bits per heavy atom. The van der Waals surface area contributed by atoms with Gasteiger partial charge in [0.15, 0.2) is 0 Å². The molecule has 0 aliphatic heterocycles. The lowest BCUT2D eigenvalue weighted by Gasteiger charge is -2.33. The van der Waals surface area contributed by atoms with Crippen LogP contribution in [0.4, 0.5) is 5.69 Å². The molecule has 0 radical (unpaired) electrons. The molecule has 37 heavy (non-hydrogen) atoms. The number of methoxy groups -OCH3 is 1. The first-order valence-electron chi connectivity index (χ1n) is 11.7. The molecule has 12 heteroatoms. The minimum Gasteiger partial charge on any atom is -0.497 e. The smallest absolute Gasteiger partial charge is 0.244 e. The molecule has 2 aromatic rings. The van der Waals surface area contributed by atoms with Gasteiger partial charge in [0.25, 0.3) is 0 Å². The topological polar surface area (TPSA) is 96.0 Å². The van der Waals surface area contributed by atoms with Gasteiger partial charge in [-0.15, -0.1) is 0 Å². The highest BCUT2D eigenvalue weighted by Crippen LogP contribution is 2.35. The zero-order chi connectivity index (χ0) is 27.8. The summed E-state index contributed by atoms with van der Waals surface area (Å²) in [5, 5.41) is 3.11. The van der Waals surface area contributed by atoms with E-state index in [1.165, 1.54) is 24.1 Å². The molecule has 1 atom stereocenters. The summed E-state index contributed by atoms with van der Waals surface area (Å²) in [5.74, 6) is -0.316. The van der Waals surface area contributed by atoms with Gasteiger partial charge in [-0.3, -0.25) is 13.9 Å². The Kier molecular flexibility index (Phi) is 11.8. The summed E-state index contributed by atoms with van der Waals surface area (Å²) in [6, 6.07) is 8.87. The van der Waals surface area contributed by atoms with E-state index in [0.717, 1.165) is 23.4 Å². The average Bonchev–Trinajstić information content (AvgIpc) is 2.84. The van der Waals surface area contributed by atoms with Crippen molar-refractivity contribution in [3.8, 4) is 5.75 Å². The van der Waals surface area contributed by atoms with E-state index in [4.69, 9.17) is 39.5 Å². The normalized spacial score (nSPS) is 12.1. The molecule has 2 amide bonds. The summed E-state index contributed by atoms with van der Waals surface area (Å²) in [4.78, 5) is 28.2. The Morgan fingerprint density at radius 2 is 1.73 bits per heavy atom. The van der Waals surface area contributed by atoms with Crippen LogP contribution in [0.5, 0.6) is 5.75 Å². The number of unbranched alkanes of at least 4 members (excludes halogenated alkanes) is 1. The number of hydrogen-bond donors (Lipinski definition) is 1. The SMILES string of the molecule is CCCCNC(=O)[C@@H](CC)N(Cc1cccc(OC)c1)C(=O)CN(c1cc(Cl)c(Cl)cc1Cl)S(C)(=O)=O. The predicted octanol–water partition coefficient (Wildman–Crippen LogP) is 5.15. The number of carbonyl (C=O) groups excluding carboxylic acids is 2. The van der Waals surface area contributed by atoms with Gasteiger partial charge in [0.2, 0.25) is 21.8 Å². The molecule has 0 unspecified atom stereocenters. The fourth-order valence-corrected chi connectivity index (χ4v) is 5.24. The molecule has 0 aliphatic carbocycles. The number of carbonyl (C=O) groups is 2. The second kappa shape index (κ2) is 14.1. The molecule has 0 spiro atoms. The quantitative estimate of drug-likeness (QED) is 0.257. The Balaban J connectivity index is 2.49. The summed E-state index contributed by atoms with van der Waals surface area (Å²) in [6.45, 7) is 3.74. The Labute approximate surface area is 233 Å². The largest absolute Gasteiger partial charge is 0.497 e. The lowest BCUT2D eigenvalue weighted by atomic mass is 10.1. The van der Waals surface area contributed by atoms with Crippen LogP contribution >= 0.6 is 34.8 Å². The van der Waals surface area contributed by atoms with Crippen molar-refractivity contribution in [2.75, 3.05) is 30.8 Å². The summed E-state index contributed by atoms with van der Waals surface area (Å²) in [7, 11) is -2.44. The van der Waals surface area contributed by atoms with Crippen molar-refractivity contribution < 1.29 is 22.7 Å². The average molecular weight is 593 g/mol. The summed E-state index contributed by atoms with van der Waals surface area (Å²) >= 11 is 18.4. The third-order valence-corrected chi connectivity index (χ3v) is 7.79. The minimum atomic E-state index is -3.97. The van der Waals surface area contributed by atoms with Crippen LogP contribution in [0.1, 0.15) is 38.7 Å². The number of nitrogens with zero attached hydrogens (tertiary/aromatic N) is 2. The molecule has 0 aromatic heterocycles. The molecule has 0 fully saturated rings. The van der Waals surface area contributed by atoms with E-state index in [2.05, 4.69) is 5.32 Å². The number of rotatable bonds is 13. The van der Waals surface area contributed by atoms with E-state index < -0.39 is 28.5 Å². The molecule has 204 valence electrons. The van der Waals surface area contributed by atoms with Crippen LogP contribution in [0.25, 0.3) is 0 Å². The molecular formula is C25H32Cl3N3O5S. The fourth-order valence-electron chi connectivity index (χ4n) is 3.69. The van der Waals surface area contributed by atoms with Gasteiger partial charge < -0.3 is 15.0 Å². The molecule has 2 aromatic carbocycles. The standard InChI is InChI=1S/C25H32Cl3N3O5S/c1-5-7-11-29-25(33)22(6-2)30(15-17-9-8-10-18(12-17)36-3)24(32)16-31(37(4,34)35)23-14-20(27)19(26)13-21(23)28/h8-10,12-14,22H,5-7,11,15-16H2,1-4H3,(H,29,33)/t22-/m1/s1. The molecule has 1 N–H and O–H groups in total. The van der Waals surface area contributed by atoms with Crippen molar-refractivity contribution in [3.63, 3.8) is 0 Å². The zero-order valence-electron chi connectivity index (χ0n) is 21.3. The first-order valence-corrected chi connectivity index (χ1v) is 14.7. The maximum atomic E-state index is 13.7. The number of ether oxygens (including phenoxy) is 1. The predicted molar refractivity (Wildman–Crippen MR) is 149 cm³/mol. The van der Waals surface area contributed by atoms with E-state index in [1.54, 1.807) is 31.2 Å². The van der Waals surface area contributed by atoms with Gasteiger partial charge in [-0.05, 0) is 42.7 Å². The van der Waals surface area contributed by atoms with Gasteiger partial charge in [0.1, 0.15) is 18.3 Å². The monoisotopic (exact) mass is 591 g/mol. The van der Waals surface area contributed by atoms with Crippen LogP contribution in [0.15, 0.2) is 36.4 Å². The van der Waals surface area contributed by atoms with Crippen molar-refractivity contribution in [1.29, 1.82) is 0 Å². The first-order chi connectivity index (χ1) is 17.4. The highest BCUT2D eigenvalue weighted by atomic mass is 35.5. The number of sulfonamides is 1. The molecule has 2 rings (SSSR count). The van der Waals surface area contributed by atoms with E-state index in [-0.39, 0.29) is 33.2 Å². The van der Waals surface area contributed by atoms with Crippen LogP contribution in [0.3, 0.4) is 0 Å². The van der Waals surface area contributed by atoms with Crippen molar-refractivity contribution in [2.24, 2.45) is 0 Å². The van der Waals surface area contributed by atoms with Gasteiger partial charge in [-0.2, -0.15) is 0 Å². The molecule has 0 bridgehead atoms. The maximum absolute atomic E-state index is 13.7. The molecule has 0 aliphatic rings. The van der Waals surface area contributed by atoms with Gasteiger partial charge in [-0.25, -0.2) is 8.42 Å². The van der Waals surface area contributed by atoms with Crippen LogP contribution in [0.2, 0.25) is 15.1 Å². The van der Waals surface area contributed by atoms with Crippen molar-refractivity contribution >= 4 is 62.3 Å². The van der Waals surface area contributed by atoms with Crippen LogP contribution in [-0.4, -0.2) is 57.6 Å². The van der Waals surface area contributed by atoms with Crippen molar-refractivity contribution in [2.45, 2.75) is 45.7 Å². The van der Waals surface area contributed by atoms with Gasteiger partial charge >= 0.3 is 0 Å². The molecule has 0 saturated carbocycles. The third-order valence-electron chi connectivity index (χ3n) is 5.64. The Bertz CT molecular complexity index is 1210. The van der Waals surface area contributed by atoms with E-state index in [1.807, 2.05) is 6.92 Å². The summed E-state index contributed by atoms with van der Waals surface area (Å²) in [6.07, 6.45) is 2.97. The lowest BCUT2D eigenvalue weighted by Crippen LogP contribution is -2.52. The van der Waals surface area contributed by atoms with Gasteiger partial charge in [0, 0.05) is 13.1 Å². The maximum Gasteiger partial charge on any atom is 0.244 e. The number of anilines is 1. The number of benzene rings is 2. The fraction of sp³-hybridized carbons (Fsp3) is 0.440. The van der Waals surface area contributed by atoms with Crippen LogP contribution < -0.4 is 14.4 Å². The number of nitrogens with one attached hydrogen (secondary N) is 1. The second-order valence-corrected chi connectivity index (χ2v) is 11.6. The minimum absolute atomic E-state index is 0.00805. The molecule has 0 saturated heterocycles. The van der Waals surface area contributed by atoms with E-state index in [0.29, 0.717) is 24.3 Å². The Morgan fingerprint density at radius 1 is 1.05 bits per heavy atom. The van der Waals surface area contributed by atoms with Gasteiger partial charge in [-0.1, -0.05) is 67.2 Å². The lowest BCUT2D eigenvalue weighted by molar-refractivity contribution is -0.140. The third kappa shape index (κ3) is 8.67. The van der Waals surface area contributed by atoms with Crippen molar-refractivity contribution in [1.82, 2.24) is 10.2 Å². The van der Waals surface area contributed by atoms with Crippen molar-refractivity contribution in [3.05, 3.63) is 57.0 Å². The molecule has 0 heterocycles. The summed E-state index contributed by atoms with van der Waals surface area (Å²) < 4.78 is 31.7. The van der Waals surface area contributed by atoms with Crippen LogP contribution in [-0.2, 0) is 26.2 Å². The van der Waals surface area contributed by atoms with Gasteiger partial charge in [0.05, 0.1) is 34.1 Å². The molecular weight excluding hydrogens is 561 g/mol. The first kappa shape index (κ1) is 31.0. The van der Waals surface area contributed by atoms with E-state index in [9.17, 15) is 18.0 Å². The Hall–Kier alpha value is -2.20. The highest BCUT2D eigenvalue weighted by Gasteiger charge is 2.32. The zero-order valence-corrected chi connectivity index (χ0v) is 24.3. The van der Waals surface area contributed by atoms with Crippen LogP contribution in [0, 0.1) is 0 Å². The second-order valence-electron chi connectivity index (χ2n) is 8.43. The summed E-state index contributed by atoms with van der Waals surface area (Å²) in [5.41, 5.74) is 0.722. The highest BCUT2D eigenvalue weighted by molar-refractivity contribution is 7.92. The van der Waals surface area contributed by atoms with E-state index >= 15 is 0 Å². The number of amides is 2. The number of halogens is 3.